The number of nitrogens with two attached hydrogens (primary N) is 1. The van der Waals surface area contributed by atoms with Crippen LogP contribution in [-0.4, -0.2) is 32.0 Å². The second-order valence-electron chi connectivity index (χ2n) is 5.53. The third kappa shape index (κ3) is 5.00. The first kappa shape index (κ1) is 18.0. The Morgan fingerprint density at radius 3 is 2.52 bits per heavy atom. The Bertz CT molecular complexity index is 460. The molecule has 0 aliphatic carbocycles. The second-order valence-corrected chi connectivity index (χ2v) is 6.83. The first-order valence-corrected chi connectivity index (χ1v) is 8.39. The fourth-order valence-electron chi connectivity index (χ4n) is 2.12. The van der Waals surface area contributed by atoms with Crippen LogP contribution in [0.5, 0.6) is 0 Å². The van der Waals surface area contributed by atoms with Crippen LogP contribution in [0.1, 0.15) is 59.3 Å². The Hall–Kier alpha value is -1.08. The maximum absolute atomic E-state index is 12.2. The molecule has 0 aliphatic rings. The van der Waals surface area contributed by atoms with Gasteiger partial charge in [0.05, 0.1) is 11.8 Å². The van der Waals surface area contributed by atoms with E-state index in [-0.39, 0.29) is 23.2 Å². The lowest BCUT2D eigenvalue weighted by molar-refractivity contribution is -0.120. The SMILES string of the molecule is CCCC(C)NC(=O)C(C)Sc1nnc(CN)n1C(C)C. The van der Waals surface area contributed by atoms with E-state index in [1.54, 1.807) is 0 Å². The molecule has 3 N–H and O–H groups in total. The van der Waals surface area contributed by atoms with Gasteiger partial charge in [-0.3, -0.25) is 4.79 Å². The van der Waals surface area contributed by atoms with Gasteiger partial charge in [0.2, 0.25) is 5.91 Å². The van der Waals surface area contributed by atoms with Gasteiger partial charge in [0, 0.05) is 12.1 Å². The lowest BCUT2D eigenvalue weighted by Crippen LogP contribution is -2.37. The van der Waals surface area contributed by atoms with Crippen LogP contribution < -0.4 is 11.1 Å². The van der Waals surface area contributed by atoms with Crippen LogP contribution >= 0.6 is 11.8 Å². The van der Waals surface area contributed by atoms with Crippen molar-refractivity contribution in [2.24, 2.45) is 5.73 Å². The van der Waals surface area contributed by atoms with Crippen molar-refractivity contribution in [3.05, 3.63) is 5.82 Å². The number of aromatic nitrogens is 3. The normalized spacial score (nSPS) is 14.2. The lowest BCUT2D eigenvalue weighted by atomic mass is 10.2. The number of hydrogen-bond acceptors (Lipinski definition) is 5. The summed E-state index contributed by atoms with van der Waals surface area (Å²) in [7, 11) is 0. The number of thioether (sulfide) groups is 1. The number of amides is 1. The summed E-state index contributed by atoms with van der Waals surface area (Å²) < 4.78 is 1.99. The van der Waals surface area contributed by atoms with Crippen LogP contribution in [0.25, 0.3) is 0 Å². The minimum absolute atomic E-state index is 0.0357. The van der Waals surface area contributed by atoms with Crippen LogP contribution in [-0.2, 0) is 11.3 Å². The summed E-state index contributed by atoms with van der Waals surface area (Å²) in [5, 5.41) is 11.8. The van der Waals surface area contributed by atoms with Crippen molar-refractivity contribution in [2.75, 3.05) is 0 Å². The van der Waals surface area contributed by atoms with E-state index in [1.807, 2.05) is 18.4 Å². The molecule has 0 radical (unpaired) electrons. The third-order valence-corrected chi connectivity index (χ3v) is 4.25. The van der Waals surface area contributed by atoms with Gasteiger partial charge in [0.25, 0.3) is 0 Å². The zero-order chi connectivity index (χ0) is 16.0. The molecule has 0 aliphatic heterocycles. The highest BCUT2D eigenvalue weighted by atomic mass is 32.2. The smallest absolute Gasteiger partial charge is 0.233 e. The first-order chi connectivity index (χ1) is 9.90. The van der Waals surface area contributed by atoms with E-state index in [1.165, 1.54) is 11.8 Å². The molecule has 0 saturated heterocycles. The first-order valence-electron chi connectivity index (χ1n) is 7.51. The van der Waals surface area contributed by atoms with Gasteiger partial charge in [-0.2, -0.15) is 0 Å². The summed E-state index contributed by atoms with van der Waals surface area (Å²) >= 11 is 1.42. The van der Waals surface area contributed by atoms with E-state index < -0.39 is 0 Å². The molecule has 1 heterocycles. The molecular weight excluding hydrogens is 286 g/mol. The molecule has 120 valence electrons. The summed E-state index contributed by atoms with van der Waals surface area (Å²) in [4.78, 5) is 12.2. The molecule has 0 spiro atoms. The van der Waals surface area contributed by atoms with Crippen LogP contribution in [0.3, 0.4) is 0 Å². The Balaban J connectivity index is 2.72. The largest absolute Gasteiger partial charge is 0.353 e. The molecule has 1 amide bonds. The van der Waals surface area contributed by atoms with Gasteiger partial charge in [-0.15, -0.1) is 10.2 Å². The highest BCUT2D eigenvalue weighted by Gasteiger charge is 2.21. The quantitative estimate of drug-likeness (QED) is 0.718. The van der Waals surface area contributed by atoms with Crippen molar-refractivity contribution in [3.8, 4) is 0 Å². The zero-order valence-corrected chi connectivity index (χ0v) is 14.4. The van der Waals surface area contributed by atoms with Gasteiger partial charge in [-0.25, -0.2) is 0 Å². The van der Waals surface area contributed by atoms with Crippen LogP contribution in [0, 0.1) is 0 Å². The molecule has 2 unspecified atom stereocenters. The summed E-state index contributed by atoms with van der Waals surface area (Å²) in [5.74, 6) is 0.785. The molecule has 0 saturated carbocycles. The predicted molar refractivity (Wildman–Crippen MR) is 86.1 cm³/mol. The lowest BCUT2D eigenvalue weighted by Gasteiger charge is -2.18. The molecule has 1 rings (SSSR count). The van der Waals surface area contributed by atoms with Gasteiger partial charge >= 0.3 is 0 Å². The van der Waals surface area contributed by atoms with Gasteiger partial charge in [0.15, 0.2) is 5.16 Å². The number of carbonyl (C=O) groups is 1. The van der Waals surface area contributed by atoms with E-state index in [2.05, 4.69) is 36.3 Å². The summed E-state index contributed by atoms with van der Waals surface area (Å²) in [6.07, 6.45) is 2.05. The number of hydrogen-bond donors (Lipinski definition) is 2. The van der Waals surface area contributed by atoms with Gasteiger partial charge in [-0.1, -0.05) is 25.1 Å². The molecule has 21 heavy (non-hydrogen) atoms. The molecule has 1 aromatic rings. The van der Waals surface area contributed by atoms with E-state index in [0.29, 0.717) is 6.54 Å². The van der Waals surface area contributed by atoms with E-state index >= 15 is 0 Å². The second kappa shape index (κ2) is 8.38. The molecule has 7 heteroatoms. The monoisotopic (exact) mass is 313 g/mol. The minimum Gasteiger partial charge on any atom is -0.353 e. The molecule has 0 fully saturated rings. The molecule has 6 nitrogen and oxygen atoms in total. The van der Waals surface area contributed by atoms with Crippen molar-refractivity contribution in [3.63, 3.8) is 0 Å². The minimum atomic E-state index is -0.211. The molecule has 0 aromatic carbocycles. The predicted octanol–water partition coefficient (Wildman–Crippen LogP) is 2.10. The average molecular weight is 313 g/mol. The van der Waals surface area contributed by atoms with Crippen molar-refractivity contribution in [1.82, 2.24) is 20.1 Å². The highest BCUT2D eigenvalue weighted by Crippen LogP contribution is 2.25. The topological polar surface area (TPSA) is 85.8 Å². The number of nitrogens with one attached hydrogen (secondary N) is 1. The Morgan fingerprint density at radius 1 is 1.33 bits per heavy atom. The van der Waals surface area contributed by atoms with Gasteiger partial charge in [0.1, 0.15) is 5.82 Å². The van der Waals surface area contributed by atoms with Gasteiger partial charge < -0.3 is 15.6 Å². The molecule has 0 bridgehead atoms. The maximum atomic E-state index is 12.2. The van der Waals surface area contributed by atoms with Crippen molar-refractivity contribution in [2.45, 2.75) is 76.5 Å². The third-order valence-electron chi connectivity index (χ3n) is 3.20. The van der Waals surface area contributed by atoms with Crippen molar-refractivity contribution >= 4 is 17.7 Å². The Morgan fingerprint density at radius 2 is 2.00 bits per heavy atom. The summed E-state index contributed by atoms with van der Waals surface area (Å²) in [6.45, 7) is 10.5. The fraction of sp³-hybridized carbons (Fsp3) is 0.786. The van der Waals surface area contributed by atoms with Crippen molar-refractivity contribution in [1.29, 1.82) is 0 Å². The number of nitrogens with zero attached hydrogens (tertiary/aromatic N) is 3. The summed E-state index contributed by atoms with van der Waals surface area (Å²) in [6, 6.07) is 0.420. The van der Waals surface area contributed by atoms with Crippen LogP contribution in [0.2, 0.25) is 0 Å². The maximum Gasteiger partial charge on any atom is 0.233 e. The molecule has 1 aromatic heterocycles. The van der Waals surface area contributed by atoms with E-state index in [0.717, 1.165) is 23.8 Å². The average Bonchev–Trinajstić information content (AvgIpc) is 2.81. The standard InChI is InChI=1S/C14H27N5OS/c1-6-7-10(4)16-13(20)11(5)21-14-18-17-12(8-15)19(14)9(2)3/h9-11H,6-8,15H2,1-5H3,(H,16,20). The van der Waals surface area contributed by atoms with Gasteiger partial charge in [-0.05, 0) is 34.1 Å². The van der Waals surface area contributed by atoms with Crippen molar-refractivity contribution < 1.29 is 4.79 Å². The van der Waals surface area contributed by atoms with E-state index in [9.17, 15) is 4.79 Å². The van der Waals surface area contributed by atoms with Crippen LogP contribution in [0.4, 0.5) is 0 Å². The fourth-order valence-corrected chi connectivity index (χ4v) is 3.13. The Labute approximate surface area is 131 Å². The zero-order valence-electron chi connectivity index (χ0n) is 13.6. The van der Waals surface area contributed by atoms with E-state index in [4.69, 9.17) is 5.73 Å². The Kier molecular flexibility index (Phi) is 7.17. The van der Waals surface area contributed by atoms with Crippen LogP contribution in [0.15, 0.2) is 5.16 Å². The number of carbonyl (C=O) groups excluding carboxylic acids is 1. The summed E-state index contributed by atoms with van der Waals surface area (Å²) in [5.41, 5.74) is 5.68. The molecule has 2 atom stereocenters. The number of rotatable bonds is 8. The molecular formula is C14H27N5OS. The highest BCUT2D eigenvalue weighted by molar-refractivity contribution is 8.00.